The van der Waals surface area contributed by atoms with Crippen molar-refractivity contribution in [3.05, 3.63) is 82.4 Å². The molecule has 0 aliphatic rings. The van der Waals surface area contributed by atoms with Crippen LogP contribution in [-0.2, 0) is 41.8 Å². The van der Waals surface area contributed by atoms with Crippen LogP contribution in [0.5, 0.6) is 0 Å². The van der Waals surface area contributed by atoms with Crippen molar-refractivity contribution in [1.82, 2.24) is 59.3 Å². The highest BCUT2D eigenvalue weighted by Crippen LogP contribution is 2.32. The lowest BCUT2D eigenvalue weighted by molar-refractivity contribution is 0.0877. The summed E-state index contributed by atoms with van der Waals surface area (Å²) in [4.78, 5) is 45.2. The van der Waals surface area contributed by atoms with Crippen LogP contribution in [0.2, 0.25) is 61.4 Å². The van der Waals surface area contributed by atoms with Gasteiger partial charge in [0.2, 0.25) is 0 Å². The highest BCUT2D eigenvalue weighted by molar-refractivity contribution is 6.76. The van der Waals surface area contributed by atoms with Crippen LogP contribution in [0.3, 0.4) is 0 Å². The smallest absolute Gasteiger partial charge is 0.255 e. The van der Waals surface area contributed by atoms with Gasteiger partial charge in [0, 0.05) is 95.9 Å². The molecule has 0 aliphatic carbocycles. The minimum Gasteiger partial charge on any atom is -0.394 e. The summed E-state index contributed by atoms with van der Waals surface area (Å²) < 4.78 is 24.2. The molecule has 2 aromatic carbocycles. The Kier molecular flexibility index (Phi) is 16.8. The first-order valence-electron chi connectivity index (χ1n) is 23.5. The summed E-state index contributed by atoms with van der Waals surface area (Å²) in [5.74, 6) is -0.573. The van der Waals surface area contributed by atoms with Crippen molar-refractivity contribution >= 4 is 95.3 Å². The van der Waals surface area contributed by atoms with Crippen molar-refractivity contribution in [3.8, 4) is 22.8 Å². The van der Waals surface area contributed by atoms with Crippen molar-refractivity contribution in [1.29, 1.82) is 0 Å². The molecule has 0 spiro atoms. The molecule has 8 aromatic rings. The molecule has 6 heterocycles. The van der Waals surface area contributed by atoms with Crippen molar-refractivity contribution in [2.24, 2.45) is 14.1 Å². The van der Waals surface area contributed by atoms with Crippen LogP contribution in [0.1, 0.15) is 34.6 Å². The lowest BCUT2D eigenvalue weighted by Gasteiger charge is -2.15. The maximum absolute atomic E-state index is 13.2. The van der Waals surface area contributed by atoms with Crippen molar-refractivity contribution in [3.63, 3.8) is 0 Å². The van der Waals surface area contributed by atoms with Crippen LogP contribution in [0.25, 0.3) is 66.9 Å². The van der Waals surface area contributed by atoms with E-state index in [-0.39, 0.29) is 31.2 Å². The molecular formula is C49H64Cl2N12O6Si2. The number of aryl methyl sites for hydroxylation is 2. The average Bonchev–Trinajstić information content (AvgIpc) is 4.06. The maximum atomic E-state index is 13.2. The topological polar surface area (TPSA) is 203 Å². The summed E-state index contributed by atoms with van der Waals surface area (Å²) in [6.45, 7) is 19.6. The summed E-state index contributed by atoms with van der Waals surface area (Å²) in [6, 6.07) is 12.7. The van der Waals surface area contributed by atoms with Crippen LogP contribution < -0.4 is 10.6 Å². The van der Waals surface area contributed by atoms with E-state index in [0.717, 1.165) is 33.9 Å². The summed E-state index contributed by atoms with van der Waals surface area (Å²) in [5, 5.41) is 27.5. The molecule has 18 nitrogen and oxygen atoms in total. The van der Waals surface area contributed by atoms with Gasteiger partial charge in [0.15, 0.2) is 11.3 Å². The maximum Gasteiger partial charge on any atom is 0.255 e. The van der Waals surface area contributed by atoms with E-state index in [1.54, 1.807) is 52.8 Å². The number of ether oxygens (including phenoxy) is 3. The van der Waals surface area contributed by atoms with Crippen molar-refractivity contribution in [2.75, 3.05) is 33.5 Å². The van der Waals surface area contributed by atoms with Gasteiger partial charge < -0.3 is 39.1 Å². The van der Waals surface area contributed by atoms with E-state index in [1.165, 1.54) is 0 Å². The quantitative estimate of drug-likeness (QED) is 0.0514. The van der Waals surface area contributed by atoms with Gasteiger partial charge in [-0.15, -0.1) is 0 Å². The van der Waals surface area contributed by atoms with Crippen molar-refractivity contribution < 1.29 is 28.9 Å². The molecule has 8 rings (SSSR count). The highest BCUT2D eigenvalue weighted by Gasteiger charge is 2.24. The first kappa shape index (κ1) is 53.2. The van der Waals surface area contributed by atoms with Gasteiger partial charge in [-0.05, 0) is 62.3 Å². The van der Waals surface area contributed by atoms with E-state index >= 15 is 0 Å². The second-order valence-electron chi connectivity index (χ2n) is 20.2. The molecule has 2 atom stereocenters. The molecular weight excluding hydrogens is 980 g/mol. The Labute approximate surface area is 425 Å². The Morgan fingerprint density at radius 2 is 1.11 bits per heavy atom. The molecule has 0 saturated heterocycles. The second-order valence-corrected chi connectivity index (χ2v) is 32.3. The molecule has 0 saturated carbocycles. The fourth-order valence-electron chi connectivity index (χ4n) is 7.72. The Balaban J connectivity index is 0.000000209. The lowest BCUT2D eigenvalue weighted by atomic mass is 10.1. The summed E-state index contributed by atoms with van der Waals surface area (Å²) in [7, 11) is 2.88. The number of halogens is 2. The number of benzene rings is 2. The standard InChI is InChI=1S/C25H33ClN6O3Si.C24H31ClN6O3Si/c1-16(14-34-3)28-25(33)19-13-32(15-35-9-10-36(4,5)6)24-23(19)29-20(12-27-24)22-18-8-7-17(26)11-21(18)31(2)30-22;1-15(13-32)27-24(33)18-12-31(14-34-8-9-35(3,4)5)23-22(18)28-19(11-26-23)21-17-7-6-16(25)10-20(17)30(2)29-21/h7-8,11-13,16H,9-10,14-15H2,1-6H3,(H,28,33);6-7,10-12,15,32H,8-9,13-14H2,1-5H3,(H,27,33)/t16-;15-/m11/s1. The van der Waals surface area contributed by atoms with Gasteiger partial charge in [-0.1, -0.05) is 62.5 Å². The summed E-state index contributed by atoms with van der Waals surface area (Å²) >= 11 is 12.4. The Hall–Kier alpha value is -5.59. The Bertz CT molecular complexity index is 3190. The number of nitrogens with zero attached hydrogens (tertiary/aromatic N) is 10. The van der Waals surface area contributed by atoms with E-state index in [1.807, 2.05) is 62.0 Å². The minimum absolute atomic E-state index is 0.158. The van der Waals surface area contributed by atoms with Gasteiger partial charge in [0.1, 0.15) is 47.3 Å². The zero-order chi connectivity index (χ0) is 51.4. The molecule has 3 N–H and O–H groups in total. The second kappa shape index (κ2) is 22.5. The molecule has 2 amide bonds. The number of carbonyl (C=O) groups excluding carboxylic acids is 2. The number of nitrogens with one attached hydrogen (secondary N) is 2. The molecule has 0 radical (unpaired) electrons. The molecule has 0 fully saturated rings. The van der Waals surface area contributed by atoms with E-state index < -0.39 is 22.2 Å². The number of amides is 2. The molecule has 0 aliphatic heterocycles. The number of methoxy groups -OCH3 is 1. The van der Waals surface area contributed by atoms with E-state index in [4.69, 9.17) is 47.4 Å². The van der Waals surface area contributed by atoms with Gasteiger partial charge in [0.05, 0.1) is 47.8 Å². The van der Waals surface area contributed by atoms with Gasteiger partial charge >= 0.3 is 0 Å². The van der Waals surface area contributed by atoms with Crippen LogP contribution in [-0.4, -0.2) is 127 Å². The molecule has 0 unspecified atom stereocenters. The fraction of sp³-hybridized carbons (Fsp3) is 0.429. The predicted molar refractivity (Wildman–Crippen MR) is 286 cm³/mol. The van der Waals surface area contributed by atoms with Crippen LogP contribution in [0.4, 0.5) is 0 Å². The number of hydrogen-bond donors (Lipinski definition) is 3. The monoisotopic (exact) mass is 1040 g/mol. The van der Waals surface area contributed by atoms with Crippen LogP contribution in [0, 0.1) is 0 Å². The van der Waals surface area contributed by atoms with Gasteiger partial charge in [0.25, 0.3) is 11.8 Å². The minimum atomic E-state index is -1.22. The Morgan fingerprint density at radius 3 is 1.51 bits per heavy atom. The molecule has 6 aromatic heterocycles. The zero-order valence-corrected chi connectivity index (χ0v) is 45.8. The first-order valence-corrected chi connectivity index (χ1v) is 31.7. The molecule has 0 bridgehead atoms. The van der Waals surface area contributed by atoms with Crippen LogP contribution >= 0.6 is 23.2 Å². The molecule has 22 heteroatoms. The van der Waals surface area contributed by atoms with Gasteiger partial charge in [-0.2, -0.15) is 10.2 Å². The summed E-state index contributed by atoms with van der Waals surface area (Å²) in [5.41, 5.74) is 7.09. The third-order valence-corrected chi connectivity index (χ3v) is 15.5. The molecule has 71 heavy (non-hydrogen) atoms. The number of aliphatic hydroxyl groups excluding tert-OH is 1. The first-order chi connectivity index (χ1) is 33.6. The number of fused-ring (bicyclic) bond motifs is 4. The third-order valence-electron chi connectivity index (χ3n) is 11.6. The largest absolute Gasteiger partial charge is 0.394 e. The highest BCUT2D eigenvalue weighted by atomic mass is 35.5. The summed E-state index contributed by atoms with van der Waals surface area (Å²) in [6.07, 6.45) is 6.81. The number of carbonyl (C=O) groups is 2. The van der Waals surface area contributed by atoms with Crippen molar-refractivity contribution in [2.45, 2.75) is 90.8 Å². The SMILES string of the molecule is COC[C@@H](C)NC(=O)c1cn(COCC[Si](C)(C)C)c2ncc(-c3nn(C)c4cc(Cl)ccc34)nc12.C[C@H](CO)NC(=O)c1cn(COCC[Si](C)(C)C)c2ncc(-c3nn(C)c4cc(Cl)ccc34)nc12. The number of rotatable bonds is 19. The van der Waals surface area contributed by atoms with E-state index in [2.05, 4.69) is 70.1 Å². The third kappa shape index (κ3) is 12.9. The Morgan fingerprint density at radius 1 is 0.690 bits per heavy atom. The fourth-order valence-corrected chi connectivity index (χ4v) is 9.57. The van der Waals surface area contributed by atoms with Crippen LogP contribution in [0.15, 0.2) is 61.2 Å². The average molecular weight is 1040 g/mol. The lowest BCUT2D eigenvalue weighted by Crippen LogP contribution is -2.35. The zero-order valence-electron chi connectivity index (χ0n) is 42.3. The van der Waals surface area contributed by atoms with E-state index in [9.17, 15) is 14.7 Å². The van der Waals surface area contributed by atoms with Gasteiger partial charge in [-0.25, -0.2) is 19.9 Å². The number of hydrogen-bond acceptors (Lipinski definition) is 12. The van der Waals surface area contributed by atoms with Gasteiger partial charge in [-0.3, -0.25) is 19.0 Å². The predicted octanol–water partition coefficient (Wildman–Crippen LogP) is 8.78. The van der Waals surface area contributed by atoms with E-state index in [0.29, 0.717) is 92.8 Å². The normalized spacial score (nSPS) is 13.0. The molecule has 378 valence electrons. The number of aromatic nitrogens is 10. The number of aliphatic hydroxyl groups is 1.